The maximum Gasteiger partial charge on any atom is 0.326 e. The highest BCUT2D eigenvalue weighted by atomic mass is 19.1. The summed E-state index contributed by atoms with van der Waals surface area (Å²) in [5.74, 6) is -1.76. The molecule has 7 heteroatoms. The average Bonchev–Trinajstić information content (AvgIpc) is 2.53. The fraction of sp³-hybridized carbons (Fsp3) is 0.235. The molecule has 0 bridgehead atoms. The molecule has 24 heavy (non-hydrogen) atoms. The lowest BCUT2D eigenvalue weighted by Gasteiger charge is -2.14. The number of benzene rings is 1. The second-order valence-electron chi connectivity index (χ2n) is 5.25. The maximum atomic E-state index is 13.5. The van der Waals surface area contributed by atoms with E-state index in [2.05, 4.69) is 5.32 Å². The number of halogens is 1. The highest BCUT2D eigenvalue weighted by Gasteiger charge is 2.18. The van der Waals surface area contributed by atoms with Gasteiger partial charge in [-0.25, -0.2) is 4.39 Å². The van der Waals surface area contributed by atoms with Gasteiger partial charge in [0.05, 0.1) is 0 Å². The van der Waals surface area contributed by atoms with Gasteiger partial charge in [-0.2, -0.15) is 0 Å². The van der Waals surface area contributed by atoms with Gasteiger partial charge in [0.1, 0.15) is 12.4 Å². The fourth-order valence-electron chi connectivity index (χ4n) is 1.93. The van der Waals surface area contributed by atoms with E-state index in [1.54, 1.807) is 25.1 Å². The van der Waals surface area contributed by atoms with E-state index >= 15 is 0 Å². The minimum atomic E-state index is -1.08. The predicted molar refractivity (Wildman–Crippen MR) is 86.0 cm³/mol. The van der Waals surface area contributed by atoms with Gasteiger partial charge in [0.15, 0.2) is 6.10 Å². The van der Waals surface area contributed by atoms with Gasteiger partial charge >= 0.3 is 5.97 Å². The molecule has 0 saturated carbocycles. The Morgan fingerprint density at radius 3 is 2.71 bits per heavy atom. The van der Waals surface area contributed by atoms with Crippen LogP contribution in [0.3, 0.4) is 0 Å². The summed E-state index contributed by atoms with van der Waals surface area (Å²) in [5.41, 5.74) is 0.382. The molecule has 126 valence electrons. The van der Waals surface area contributed by atoms with Crippen LogP contribution in [0.1, 0.15) is 12.5 Å². The summed E-state index contributed by atoms with van der Waals surface area (Å²) in [6.07, 6.45) is 0.366. The van der Waals surface area contributed by atoms with E-state index in [9.17, 15) is 18.8 Å². The second-order valence-corrected chi connectivity index (χ2v) is 5.25. The monoisotopic (exact) mass is 332 g/mol. The molecule has 0 aliphatic rings. The first-order valence-corrected chi connectivity index (χ1v) is 7.29. The van der Waals surface area contributed by atoms with E-state index in [1.165, 1.54) is 35.9 Å². The number of nitrogens with one attached hydrogen (secondary N) is 1. The zero-order valence-corrected chi connectivity index (χ0v) is 13.3. The number of esters is 1. The largest absolute Gasteiger partial charge is 0.451 e. The van der Waals surface area contributed by atoms with Gasteiger partial charge in [-0.05, 0) is 37.6 Å². The van der Waals surface area contributed by atoms with Gasteiger partial charge in [-0.15, -0.1) is 0 Å². The number of ether oxygens (including phenoxy) is 1. The predicted octanol–water partition coefficient (Wildman–Crippen LogP) is 1.87. The van der Waals surface area contributed by atoms with E-state index in [4.69, 9.17) is 4.74 Å². The van der Waals surface area contributed by atoms with Crippen LogP contribution in [-0.4, -0.2) is 22.5 Å². The highest BCUT2D eigenvalue weighted by molar-refractivity contribution is 5.95. The van der Waals surface area contributed by atoms with Gasteiger partial charge in [0.2, 0.25) is 0 Å². The SMILES string of the molecule is Cc1ccc(NC(=O)[C@@H](C)OC(=O)Cn2ccccc2=O)cc1F. The number of nitrogens with zero attached hydrogens (tertiary/aromatic N) is 1. The van der Waals surface area contributed by atoms with Crippen molar-refractivity contribution in [2.45, 2.75) is 26.5 Å². The molecule has 0 aliphatic carbocycles. The summed E-state index contributed by atoms with van der Waals surface area (Å²) >= 11 is 0. The summed E-state index contributed by atoms with van der Waals surface area (Å²) in [6.45, 7) is 2.71. The Bertz CT molecular complexity index is 816. The fourth-order valence-corrected chi connectivity index (χ4v) is 1.93. The first-order valence-electron chi connectivity index (χ1n) is 7.29. The molecule has 0 fully saturated rings. The topological polar surface area (TPSA) is 77.4 Å². The van der Waals surface area contributed by atoms with E-state index in [0.717, 1.165) is 0 Å². The molecule has 1 amide bonds. The molecule has 1 heterocycles. The number of carbonyl (C=O) groups is 2. The lowest BCUT2D eigenvalue weighted by molar-refractivity contribution is -0.153. The Hall–Kier alpha value is -2.96. The number of hydrogen-bond acceptors (Lipinski definition) is 4. The van der Waals surface area contributed by atoms with Gasteiger partial charge < -0.3 is 14.6 Å². The number of aryl methyl sites for hydroxylation is 1. The van der Waals surface area contributed by atoms with Crippen molar-refractivity contribution in [2.24, 2.45) is 0 Å². The van der Waals surface area contributed by atoms with Gasteiger partial charge in [0, 0.05) is 18.0 Å². The van der Waals surface area contributed by atoms with Gasteiger partial charge in [-0.3, -0.25) is 14.4 Å². The number of carbonyl (C=O) groups excluding carboxylic acids is 2. The third-order valence-corrected chi connectivity index (χ3v) is 3.32. The van der Waals surface area contributed by atoms with Crippen LogP contribution >= 0.6 is 0 Å². The molecule has 1 atom stereocenters. The lowest BCUT2D eigenvalue weighted by atomic mass is 10.2. The van der Waals surface area contributed by atoms with Crippen molar-refractivity contribution in [1.82, 2.24) is 4.57 Å². The van der Waals surface area contributed by atoms with Crippen LogP contribution in [-0.2, 0) is 20.9 Å². The maximum absolute atomic E-state index is 13.5. The van der Waals surface area contributed by atoms with Crippen molar-refractivity contribution in [2.75, 3.05) is 5.32 Å². The van der Waals surface area contributed by atoms with Crippen molar-refractivity contribution in [1.29, 1.82) is 0 Å². The van der Waals surface area contributed by atoms with Crippen LogP contribution in [0.25, 0.3) is 0 Å². The average molecular weight is 332 g/mol. The Balaban J connectivity index is 1.93. The van der Waals surface area contributed by atoms with Crippen molar-refractivity contribution in [3.8, 4) is 0 Å². The molecule has 0 radical (unpaired) electrons. The van der Waals surface area contributed by atoms with Gasteiger partial charge in [0.25, 0.3) is 11.5 Å². The molecule has 0 saturated heterocycles. The zero-order chi connectivity index (χ0) is 17.7. The molecule has 0 spiro atoms. The van der Waals surface area contributed by atoms with E-state index in [1.807, 2.05) is 0 Å². The van der Waals surface area contributed by atoms with E-state index in [-0.39, 0.29) is 17.8 Å². The molecule has 1 N–H and O–H groups in total. The molecule has 0 unspecified atom stereocenters. The molecular weight excluding hydrogens is 315 g/mol. The van der Waals surface area contributed by atoms with Crippen molar-refractivity contribution in [3.05, 3.63) is 64.3 Å². The molecule has 2 aromatic rings. The van der Waals surface area contributed by atoms with Crippen molar-refractivity contribution >= 4 is 17.6 Å². The summed E-state index contributed by atoms with van der Waals surface area (Å²) in [6, 6.07) is 8.75. The number of aromatic nitrogens is 1. The number of anilines is 1. The smallest absolute Gasteiger partial charge is 0.326 e. The summed E-state index contributed by atoms with van der Waals surface area (Å²) in [4.78, 5) is 35.3. The quantitative estimate of drug-likeness (QED) is 0.848. The standard InChI is InChI=1S/C17H17FN2O4/c1-11-6-7-13(9-14(11)18)19-17(23)12(2)24-16(22)10-20-8-4-3-5-15(20)21/h3-9,12H,10H2,1-2H3,(H,19,23)/t12-/m1/s1. The van der Waals surface area contributed by atoms with Crippen LogP contribution in [0, 0.1) is 12.7 Å². The minimum Gasteiger partial charge on any atom is -0.451 e. The normalized spacial score (nSPS) is 11.6. The van der Waals surface area contributed by atoms with Crippen LogP contribution in [0.2, 0.25) is 0 Å². The second kappa shape index (κ2) is 7.54. The van der Waals surface area contributed by atoms with Crippen LogP contribution < -0.4 is 10.9 Å². The van der Waals surface area contributed by atoms with E-state index < -0.39 is 23.8 Å². The molecule has 1 aromatic carbocycles. The Morgan fingerprint density at radius 2 is 2.04 bits per heavy atom. The molecule has 1 aromatic heterocycles. The number of pyridine rings is 1. The zero-order valence-electron chi connectivity index (χ0n) is 13.3. The molecule has 2 rings (SSSR count). The number of hydrogen-bond donors (Lipinski definition) is 1. The van der Waals surface area contributed by atoms with Crippen molar-refractivity contribution in [3.63, 3.8) is 0 Å². The molecular formula is C17H17FN2O4. The summed E-state index contributed by atoms with van der Waals surface area (Å²) in [5, 5.41) is 2.47. The minimum absolute atomic E-state index is 0.269. The van der Waals surface area contributed by atoms with Gasteiger partial charge in [-0.1, -0.05) is 12.1 Å². The van der Waals surface area contributed by atoms with Crippen LogP contribution in [0.4, 0.5) is 10.1 Å². The Kier molecular flexibility index (Phi) is 5.47. The molecule has 0 aliphatic heterocycles. The number of amides is 1. The van der Waals surface area contributed by atoms with Crippen molar-refractivity contribution < 1.29 is 18.7 Å². The Labute approximate surface area is 137 Å². The first kappa shape index (κ1) is 17.4. The first-order chi connectivity index (χ1) is 11.4. The van der Waals surface area contributed by atoms with Crippen LogP contribution in [0.5, 0.6) is 0 Å². The highest BCUT2D eigenvalue weighted by Crippen LogP contribution is 2.14. The lowest BCUT2D eigenvalue weighted by Crippen LogP contribution is -2.32. The third kappa shape index (κ3) is 4.52. The van der Waals surface area contributed by atoms with Crippen LogP contribution in [0.15, 0.2) is 47.4 Å². The molecule has 6 nitrogen and oxygen atoms in total. The summed E-state index contributed by atoms with van der Waals surface area (Å²) in [7, 11) is 0. The third-order valence-electron chi connectivity index (χ3n) is 3.32. The summed E-state index contributed by atoms with van der Waals surface area (Å²) < 4.78 is 19.6. The van der Waals surface area contributed by atoms with E-state index in [0.29, 0.717) is 5.56 Å². The number of rotatable bonds is 5. The Morgan fingerprint density at radius 1 is 1.29 bits per heavy atom.